The Morgan fingerprint density at radius 2 is 1.86 bits per heavy atom. The van der Waals surface area contributed by atoms with Gasteiger partial charge in [-0.2, -0.15) is 0 Å². The Morgan fingerprint density at radius 1 is 1.24 bits per heavy atom. The van der Waals surface area contributed by atoms with Crippen LogP contribution in [0, 0.1) is 5.92 Å². The number of methoxy groups -OCH3 is 2. The zero-order valence-corrected chi connectivity index (χ0v) is 13.1. The Labute approximate surface area is 125 Å². The summed E-state index contributed by atoms with van der Waals surface area (Å²) < 4.78 is 9.98. The van der Waals surface area contributed by atoms with E-state index in [1.165, 1.54) is 0 Å². The number of aliphatic carboxylic acids is 1. The van der Waals surface area contributed by atoms with Gasteiger partial charge in [0.1, 0.15) is 5.54 Å². The molecule has 122 valence electrons. The summed E-state index contributed by atoms with van der Waals surface area (Å²) in [5, 5.41) is 12.1. The van der Waals surface area contributed by atoms with Gasteiger partial charge in [0, 0.05) is 33.9 Å². The molecule has 0 aromatic heterocycles. The second kappa shape index (κ2) is 8.19. The van der Waals surface area contributed by atoms with E-state index in [4.69, 9.17) is 9.47 Å². The number of carbonyl (C=O) groups is 2. The van der Waals surface area contributed by atoms with Crippen LogP contribution in [0.25, 0.3) is 0 Å². The number of nitrogens with one attached hydrogen (secondary N) is 1. The summed E-state index contributed by atoms with van der Waals surface area (Å²) in [7, 11) is 3.17. The molecule has 0 spiro atoms. The van der Waals surface area contributed by atoms with Gasteiger partial charge in [0.15, 0.2) is 0 Å². The van der Waals surface area contributed by atoms with E-state index in [2.05, 4.69) is 5.32 Å². The van der Waals surface area contributed by atoms with E-state index in [1.807, 2.05) is 0 Å². The van der Waals surface area contributed by atoms with Gasteiger partial charge in [0.2, 0.25) is 0 Å². The van der Waals surface area contributed by atoms with E-state index in [9.17, 15) is 14.7 Å². The maximum atomic E-state index is 12.4. The van der Waals surface area contributed by atoms with Crippen molar-refractivity contribution < 1.29 is 24.2 Å². The number of rotatable bonds is 10. The van der Waals surface area contributed by atoms with Gasteiger partial charge >= 0.3 is 12.0 Å². The molecule has 7 heteroatoms. The van der Waals surface area contributed by atoms with Crippen LogP contribution in [0.15, 0.2) is 0 Å². The van der Waals surface area contributed by atoms with Crippen LogP contribution < -0.4 is 5.32 Å². The maximum absolute atomic E-state index is 12.4. The lowest BCUT2D eigenvalue weighted by Gasteiger charge is -2.31. The first kappa shape index (κ1) is 17.7. The van der Waals surface area contributed by atoms with Crippen LogP contribution in [0.3, 0.4) is 0 Å². The Balaban J connectivity index is 2.62. The van der Waals surface area contributed by atoms with Crippen LogP contribution in [0.1, 0.15) is 26.2 Å². The molecule has 1 saturated carbocycles. The van der Waals surface area contributed by atoms with Crippen molar-refractivity contribution in [2.75, 3.05) is 40.5 Å². The standard InChI is InChI=1S/C14H26N2O5/c1-14(12(17)18,11-5-6-11)15-13(19)16(8-10-21-3)7-4-9-20-2/h11H,4-10H2,1-3H3,(H,15,19)(H,17,18). The zero-order chi connectivity index (χ0) is 15.9. The largest absolute Gasteiger partial charge is 0.480 e. The number of nitrogens with zero attached hydrogens (tertiary/aromatic N) is 1. The van der Waals surface area contributed by atoms with Crippen molar-refractivity contribution in [3.05, 3.63) is 0 Å². The molecule has 0 radical (unpaired) electrons. The van der Waals surface area contributed by atoms with Gasteiger partial charge in [-0.1, -0.05) is 0 Å². The van der Waals surface area contributed by atoms with Gasteiger partial charge in [-0.05, 0) is 32.1 Å². The second-order valence-electron chi connectivity index (χ2n) is 5.54. The fourth-order valence-electron chi connectivity index (χ4n) is 2.21. The van der Waals surface area contributed by atoms with Gasteiger partial charge in [0.05, 0.1) is 6.61 Å². The molecule has 0 bridgehead atoms. The Morgan fingerprint density at radius 3 is 2.33 bits per heavy atom. The number of hydrogen-bond donors (Lipinski definition) is 2. The quantitative estimate of drug-likeness (QED) is 0.586. The number of urea groups is 1. The van der Waals surface area contributed by atoms with Crippen LogP contribution in [-0.2, 0) is 14.3 Å². The lowest BCUT2D eigenvalue weighted by molar-refractivity contribution is -0.144. The van der Waals surface area contributed by atoms with Crippen molar-refractivity contribution >= 4 is 12.0 Å². The minimum Gasteiger partial charge on any atom is -0.480 e. The first-order chi connectivity index (χ1) is 9.95. The van der Waals surface area contributed by atoms with Crippen molar-refractivity contribution in [1.82, 2.24) is 10.2 Å². The highest BCUT2D eigenvalue weighted by Crippen LogP contribution is 2.39. The summed E-state index contributed by atoms with van der Waals surface area (Å²) in [6.07, 6.45) is 2.37. The summed E-state index contributed by atoms with van der Waals surface area (Å²) in [6, 6.07) is -0.361. The molecule has 1 aliphatic carbocycles. The molecular formula is C14H26N2O5. The molecule has 0 heterocycles. The normalized spacial score (nSPS) is 17.1. The van der Waals surface area contributed by atoms with Crippen LogP contribution in [0.4, 0.5) is 4.79 Å². The van der Waals surface area contributed by atoms with Gasteiger partial charge in [0.25, 0.3) is 0 Å². The highest BCUT2D eigenvalue weighted by molar-refractivity contribution is 5.86. The van der Waals surface area contributed by atoms with Crippen molar-refractivity contribution in [3.63, 3.8) is 0 Å². The van der Waals surface area contributed by atoms with E-state index < -0.39 is 11.5 Å². The Hall–Kier alpha value is -1.34. The molecular weight excluding hydrogens is 276 g/mol. The molecule has 1 fully saturated rings. The first-order valence-electron chi connectivity index (χ1n) is 7.24. The maximum Gasteiger partial charge on any atom is 0.329 e. The van der Waals surface area contributed by atoms with Crippen LogP contribution >= 0.6 is 0 Å². The molecule has 1 aliphatic rings. The summed E-state index contributed by atoms with van der Waals surface area (Å²) >= 11 is 0. The molecule has 7 nitrogen and oxygen atoms in total. The van der Waals surface area contributed by atoms with Gasteiger partial charge in [-0.15, -0.1) is 0 Å². The Bertz CT molecular complexity index is 359. The highest BCUT2D eigenvalue weighted by Gasteiger charge is 2.49. The molecule has 2 N–H and O–H groups in total. The van der Waals surface area contributed by atoms with Crippen molar-refractivity contribution in [1.29, 1.82) is 0 Å². The summed E-state index contributed by atoms with van der Waals surface area (Å²) in [4.78, 5) is 25.4. The number of carboxylic acid groups (broad SMARTS) is 1. The zero-order valence-electron chi connectivity index (χ0n) is 13.1. The van der Waals surface area contributed by atoms with Gasteiger partial charge in [-0.25, -0.2) is 9.59 Å². The number of hydrogen-bond acceptors (Lipinski definition) is 4. The minimum absolute atomic E-state index is 0.0159. The van der Waals surface area contributed by atoms with Crippen molar-refractivity contribution in [2.24, 2.45) is 5.92 Å². The second-order valence-corrected chi connectivity index (χ2v) is 5.54. The molecule has 0 aliphatic heterocycles. The minimum atomic E-state index is -1.19. The van der Waals surface area contributed by atoms with E-state index in [0.29, 0.717) is 32.7 Å². The monoisotopic (exact) mass is 302 g/mol. The van der Waals surface area contributed by atoms with Crippen LogP contribution in [0.2, 0.25) is 0 Å². The smallest absolute Gasteiger partial charge is 0.329 e. The van der Waals surface area contributed by atoms with E-state index >= 15 is 0 Å². The fraction of sp³-hybridized carbons (Fsp3) is 0.857. The predicted molar refractivity (Wildman–Crippen MR) is 77.2 cm³/mol. The molecule has 1 rings (SSSR count). The summed E-state index contributed by atoms with van der Waals surface area (Å²) in [5.74, 6) is -0.968. The molecule has 0 aromatic rings. The first-order valence-corrected chi connectivity index (χ1v) is 7.24. The molecule has 0 aromatic carbocycles. The molecule has 1 unspecified atom stereocenters. The number of amides is 2. The third-order valence-electron chi connectivity index (χ3n) is 3.83. The number of ether oxygens (including phenoxy) is 2. The SMILES string of the molecule is COCCCN(CCOC)C(=O)NC(C)(C(=O)O)C1CC1. The van der Waals surface area contributed by atoms with E-state index in [0.717, 1.165) is 12.8 Å². The summed E-state index contributed by atoms with van der Waals surface area (Å²) in [5.41, 5.74) is -1.19. The molecule has 21 heavy (non-hydrogen) atoms. The van der Waals surface area contributed by atoms with Crippen LogP contribution in [0.5, 0.6) is 0 Å². The number of carbonyl (C=O) groups excluding carboxylic acids is 1. The lowest BCUT2D eigenvalue weighted by Crippen LogP contribution is -2.58. The number of carboxylic acids is 1. The van der Waals surface area contributed by atoms with Gasteiger partial charge in [-0.3, -0.25) is 0 Å². The summed E-state index contributed by atoms with van der Waals surface area (Å²) in [6.45, 7) is 3.47. The Kier molecular flexibility index (Phi) is 6.91. The van der Waals surface area contributed by atoms with E-state index in [-0.39, 0.29) is 11.9 Å². The van der Waals surface area contributed by atoms with Crippen molar-refractivity contribution in [3.8, 4) is 0 Å². The third-order valence-corrected chi connectivity index (χ3v) is 3.83. The topological polar surface area (TPSA) is 88.1 Å². The average Bonchev–Trinajstić information content (AvgIpc) is 3.26. The molecule has 1 atom stereocenters. The molecule has 0 saturated heterocycles. The predicted octanol–water partition coefficient (Wildman–Crippen LogP) is 0.934. The van der Waals surface area contributed by atoms with Crippen LogP contribution in [-0.4, -0.2) is 68.1 Å². The average molecular weight is 302 g/mol. The molecule has 2 amide bonds. The lowest BCUT2D eigenvalue weighted by atomic mass is 9.96. The van der Waals surface area contributed by atoms with Crippen molar-refractivity contribution in [2.45, 2.75) is 31.7 Å². The fourth-order valence-corrected chi connectivity index (χ4v) is 2.21. The van der Waals surface area contributed by atoms with E-state index in [1.54, 1.807) is 26.0 Å². The van der Waals surface area contributed by atoms with Gasteiger partial charge < -0.3 is 24.8 Å². The third kappa shape index (κ3) is 5.17. The highest BCUT2D eigenvalue weighted by atomic mass is 16.5.